The zero-order valence-electron chi connectivity index (χ0n) is 15.3. The normalized spacial score (nSPS) is 11.1. The summed E-state index contributed by atoms with van der Waals surface area (Å²) in [6.07, 6.45) is 0.306. The molecular formula is C17H23N3O4S2. The van der Waals surface area contributed by atoms with Crippen LogP contribution in [0.2, 0.25) is 0 Å². The number of aromatic nitrogens is 1. The van der Waals surface area contributed by atoms with E-state index in [-0.39, 0.29) is 6.61 Å². The first-order valence-electron chi connectivity index (χ1n) is 8.11. The lowest BCUT2D eigenvalue weighted by molar-refractivity contribution is 0.0484. The van der Waals surface area contributed by atoms with Gasteiger partial charge in [0.25, 0.3) is 0 Å². The highest BCUT2D eigenvalue weighted by atomic mass is 32.1. The standard InChI is InChI=1S/C17H23N3O4S2/c1-11-18-12(10-25-11)5-6-13-7-8-14(26-13)9-23-15(21)19-20-16(22)24-17(2,3)4/h7-8,10H,5-6,9H2,1-4H3,(H,19,21)(H,20,22). The van der Waals surface area contributed by atoms with Crippen LogP contribution in [0.1, 0.15) is 41.2 Å². The highest BCUT2D eigenvalue weighted by Crippen LogP contribution is 2.20. The number of amides is 2. The number of hydrogen-bond donors (Lipinski definition) is 2. The average Bonchev–Trinajstić information content (AvgIpc) is 3.16. The van der Waals surface area contributed by atoms with Crippen molar-refractivity contribution in [2.75, 3.05) is 0 Å². The fourth-order valence-electron chi connectivity index (χ4n) is 1.99. The first-order chi connectivity index (χ1) is 12.2. The third-order valence-corrected chi connectivity index (χ3v) is 4.96. The summed E-state index contributed by atoms with van der Waals surface area (Å²) in [6, 6.07) is 3.96. The Labute approximate surface area is 160 Å². The molecule has 2 aromatic heterocycles. The van der Waals surface area contributed by atoms with E-state index in [0.717, 1.165) is 28.4 Å². The lowest BCUT2D eigenvalue weighted by Crippen LogP contribution is -2.44. The van der Waals surface area contributed by atoms with Crippen LogP contribution in [-0.4, -0.2) is 22.8 Å². The Morgan fingerprint density at radius 1 is 1.12 bits per heavy atom. The Morgan fingerprint density at radius 2 is 1.81 bits per heavy atom. The van der Waals surface area contributed by atoms with Crippen molar-refractivity contribution in [3.8, 4) is 0 Å². The highest BCUT2D eigenvalue weighted by molar-refractivity contribution is 7.12. The van der Waals surface area contributed by atoms with E-state index in [4.69, 9.17) is 9.47 Å². The molecule has 2 rings (SSSR count). The molecule has 0 aromatic carbocycles. The van der Waals surface area contributed by atoms with Crippen LogP contribution in [-0.2, 0) is 28.9 Å². The molecule has 0 saturated carbocycles. The van der Waals surface area contributed by atoms with E-state index >= 15 is 0 Å². The molecule has 142 valence electrons. The number of rotatable bonds is 5. The number of thiazole rings is 1. The molecule has 0 spiro atoms. The quantitative estimate of drug-likeness (QED) is 0.745. The summed E-state index contributed by atoms with van der Waals surface area (Å²) < 4.78 is 10.1. The van der Waals surface area contributed by atoms with E-state index < -0.39 is 17.8 Å². The van der Waals surface area contributed by atoms with Crippen LogP contribution in [0.3, 0.4) is 0 Å². The summed E-state index contributed by atoms with van der Waals surface area (Å²) in [6.45, 7) is 7.33. The minimum Gasteiger partial charge on any atom is -0.443 e. The van der Waals surface area contributed by atoms with Crippen LogP contribution in [0.4, 0.5) is 9.59 Å². The van der Waals surface area contributed by atoms with Crippen LogP contribution >= 0.6 is 22.7 Å². The number of hydrogen-bond acceptors (Lipinski definition) is 7. The van der Waals surface area contributed by atoms with Gasteiger partial charge in [0.1, 0.15) is 12.2 Å². The molecule has 26 heavy (non-hydrogen) atoms. The van der Waals surface area contributed by atoms with Crippen molar-refractivity contribution >= 4 is 34.9 Å². The molecule has 0 aliphatic rings. The van der Waals surface area contributed by atoms with Crippen molar-refractivity contribution in [1.29, 1.82) is 0 Å². The lowest BCUT2D eigenvalue weighted by Gasteiger charge is -2.19. The summed E-state index contributed by atoms with van der Waals surface area (Å²) in [4.78, 5) is 29.6. The molecule has 0 aliphatic carbocycles. The van der Waals surface area contributed by atoms with Gasteiger partial charge in [-0.1, -0.05) is 0 Å². The molecule has 0 fully saturated rings. The molecule has 0 aliphatic heterocycles. The molecule has 0 unspecified atom stereocenters. The topological polar surface area (TPSA) is 89.5 Å². The Kier molecular flexibility index (Phi) is 6.98. The van der Waals surface area contributed by atoms with E-state index in [1.165, 1.54) is 4.88 Å². The minimum atomic E-state index is -0.747. The van der Waals surface area contributed by atoms with E-state index in [2.05, 4.69) is 21.2 Å². The van der Waals surface area contributed by atoms with Crippen molar-refractivity contribution < 1.29 is 19.1 Å². The Bertz CT molecular complexity index is 749. The second-order valence-electron chi connectivity index (χ2n) is 6.55. The van der Waals surface area contributed by atoms with Crippen molar-refractivity contribution in [1.82, 2.24) is 15.8 Å². The first-order valence-corrected chi connectivity index (χ1v) is 9.81. The van der Waals surface area contributed by atoms with Crippen LogP contribution in [0.15, 0.2) is 17.5 Å². The average molecular weight is 398 g/mol. The fraction of sp³-hybridized carbons (Fsp3) is 0.471. The number of hydrazine groups is 1. The van der Waals surface area contributed by atoms with E-state index in [1.807, 2.05) is 19.1 Å². The highest BCUT2D eigenvalue weighted by Gasteiger charge is 2.16. The van der Waals surface area contributed by atoms with Gasteiger partial charge in [0.2, 0.25) is 0 Å². The monoisotopic (exact) mass is 397 g/mol. The SMILES string of the molecule is Cc1nc(CCc2ccc(COC(=O)NNC(=O)OC(C)(C)C)s2)cs1. The van der Waals surface area contributed by atoms with E-state index in [0.29, 0.717) is 0 Å². The second-order valence-corrected chi connectivity index (χ2v) is 8.87. The number of nitrogens with one attached hydrogen (secondary N) is 2. The van der Waals surface area contributed by atoms with Crippen molar-refractivity contribution in [3.63, 3.8) is 0 Å². The number of thiophene rings is 1. The fourth-order valence-corrected chi connectivity index (χ4v) is 3.57. The van der Waals surface area contributed by atoms with Gasteiger partial charge in [-0.05, 0) is 52.7 Å². The first kappa shape index (κ1) is 20.2. The number of nitrogens with zero attached hydrogens (tertiary/aromatic N) is 1. The van der Waals surface area contributed by atoms with Crippen molar-refractivity contribution in [2.45, 2.75) is 52.7 Å². The Hall–Kier alpha value is -2.13. The molecule has 0 atom stereocenters. The third kappa shape index (κ3) is 7.40. The van der Waals surface area contributed by atoms with Crippen LogP contribution < -0.4 is 10.9 Å². The van der Waals surface area contributed by atoms with Crippen LogP contribution in [0, 0.1) is 6.92 Å². The van der Waals surface area contributed by atoms with Gasteiger partial charge in [-0.25, -0.2) is 25.4 Å². The van der Waals surface area contributed by atoms with E-state index in [1.54, 1.807) is 43.4 Å². The summed E-state index contributed by atoms with van der Waals surface area (Å²) >= 11 is 3.25. The van der Waals surface area contributed by atoms with Crippen molar-refractivity contribution in [2.24, 2.45) is 0 Å². The largest absolute Gasteiger partial charge is 0.443 e. The van der Waals surface area contributed by atoms with Gasteiger partial charge in [0.05, 0.1) is 10.7 Å². The van der Waals surface area contributed by atoms with Gasteiger partial charge in [0, 0.05) is 15.1 Å². The molecule has 2 amide bonds. The summed E-state index contributed by atoms with van der Waals surface area (Å²) in [5.41, 5.74) is 4.74. The van der Waals surface area contributed by atoms with Crippen LogP contribution in [0.5, 0.6) is 0 Å². The molecule has 9 heteroatoms. The Balaban J connectivity index is 1.68. The molecule has 0 saturated heterocycles. The lowest BCUT2D eigenvalue weighted by atomic mass is 10.2. The summed E-state index contributed by atoms with van der Waals surface area (Å²) in [5.74, 6) is 0. The molecule has 7 nitrogen and oxygen atoms in total. The van der Waals surface area contributed by atoms with Gasteiger partial charge in [-0.2, -0.15) is 0 Å². The predicted molar refractivity (Wildman–Crippen MR) is 101 cm³/mol. The van der Waals surface area contributed by atoms with Gasteiger partial charge < -0.3 is 9.47 Å². The molecule has 2 N–H and O–H groups in total. The maximum absolute atomic E-state index is 11.6. The van der Waals surface area contributed by atoms with Crippen molar-refractivity contribution in [3.05, 3.63) is 38.0 Å². The van der Waals surface area contributed by atoms with Gasteiger partial charge in [-0.3, -0.25) is 0 Å². The van der Waals surface area contributed by atoms with E-state index in [9.17, 15) is 9.59 Å². The Morgan fingerprint density at radius 3 is 2.46 bits per heavy atom. The van der Waals surface area contributed by atoms with Gasteiger partial charge >= 0.3 is 12.2 Å². The molecule has 2 heterocycles. The minimum absolute atomic E-state index is 0.141. The number of aryl methyl sites for hydroxylation is 3. The maximum Gasteiger partial charge on any atom is 0.426 e. The number of carbonyl (C=O) groups is 2. The van der Waals surface area contributed by atoms with Gasteiger partial charge in [-0.15, -0.1) is 22.7 Å². The van der Waals surface area contributed by atoms with Gasteiger partial charge in [0.15, 0.2) is 0 Å². The molecule has 0 bridgehead atoms. The number of carbonyl (C=O) groups excluding carboxylic acids is 2. The number of ether oxygens (including phenoxy) is 2. The second kappa shape index (κ2) is 9.00. The summed E-state index contributed by atoms with van der Waals surface area (Å²) in [5, 5.41) is 3.15. The predicted octanol–water partition coefficient (Wildman–Crippen LogP) is 3.96. The molecular weight excluding hydrogens is 374 g/mol. The zero-order chi connectivity index (χ0) is 19.2. The maximum atomic E-state index is 11.6. The summed E-state index contributed by atoms with van der Waals surface area (Å²) in [7, 11) is 0. The smallest absolute Gasteiger partial charge is 0.426 e. The molecule has 0 radical (unpaired) electrons. The zero-order valence-corrected chi connectivity index (χ0v) is 16.9. The third-order valence-electron chi connectivity index (χ3n) is 3.02. The molecule has 2 aromatic rings. The van der Waals surface area contributed by atoms with Crippen LogP contribution in [0.25, 0.3) is 0 Å².